The van der Waals surface area contributed by atoms with Gasteiger partial charge >= 0.3 is 0 Å². The first-order valence-electron chi connectivity index (χ1n) is 11.2. The van der Waals surface area contributed by atoms with Crippen LogP contribution in [0.15, 0.2) is 109 Å². The predicted octanol–water partition coefficient (Wildman–Crippen LogP) is 7.01. The van der Waals surface area contributed by atoms with Crippen molar-refractivity contribution in [3.8, 4) is 22.5 Å². The number of rotatable bonds is 6. The van der Waals surface area contributed by atoms with E-state index < -0.39 is 0 Å². The number of aromatic nitrogens is 1. The van der Waals surface area contributed by atoms with Crippen molar-refractivity contribution in [3.05, 3.63) is 109 Å². The summed E-state index contributed by atoms with van der Waals surface area (Å²) in [6.07, 6.45) is 0. The lowest BCUT2D eigenvalue weighted by atomic mass is 10.1. The van der Waals surface area contributed by atoms with Crippen molar-refractivity contribution in [1.82, 2.24) is 4.57 Å². The molecule has 1 aromatic heterocycles. The molecule has 0 atom stereocenters. The van der Waals surface area contributed by atoms with Crippen LogP contribution in [0.25, 0.3) is 22.5 Å². The van der Waals surface area contributed by atoms with Crippen LogP contribution in [0.1, 0.15) is 0 Å². The minimum atomic E-state index is 0.758. The maximum absolute atomic E-state index is 5.77. The van der Waals surface area contributed by atoms with Crippen molar-refractivity contribution in [2.45, 2.75) is 0 Å². The minimum Gasteiger partial charge on any atom is -0.399 e. The van der Waals surface area contributed by atoms with Gasteiger partial charge in [-0.25, -0.2) is 0 Å². The molecule has 0 radical (unpaired) electrons. The number of hydrogen-bond donors (Lipinski definition) is 4. The van der Waals surface area contributed by atoms with Crippen LogP contribution in [0.2, 0.25) is 0 Å². The topological polar surface area (TPSA) is 81.0 Å². The summed E-state index contributed by atoms with van der Waals surface area (Å²) in [6.45, 7) is 0. The van der Waals surface area contributed by atoms with Crippen LogP contribution < -0.4 is 22.1 Å². The molecule has 0 amide bonds. The number of nitrogens with one attached hydrogen (secondary N) is 2. The molecule has 34 heavy (non-hydrogen) atoms. The van der Waals surface area contributed by atoms with Gasteiger partial charge in [-0.2, -0.15) is 0 Å². The van der Waals surface area contributed by atoms with Crippen LogP contribution in [0.4, 0.5) is 34.1 Å². The summed E-state index contributed by atoms with van der Waals surface area (Å²) in [5, 5.41) is 6.81. The van der Waals surface area contributed by atoms with E-state index in [1.54, 1.807) is 0 Å². The third-order valence-corrected chi connectivity index (χ3v) is 5.88. The van der Waals surface area contributed by atoms with E-state index in [9.17, 15) is 0 Å². The van der Waals surface area contributed by atoms with Crippen molar-refractivity contribution >= 4 is 34.1 Å². The number of benzene rings is 4. The van der Waals surface area contributed by atoms with Crippen molar-refractivity contribution in [3.63, 3.8) is 0 Å². The maximum Gasteiger partial charge on any atom is 0.0482 e. The minimum absolute atomic E-state index is 0.758. The first kappa shape index (κ1) is 21.2. The van der Waals surface area contributed by atoms with Gasteiger partial charge in [0.1, 0.15) is 0 Å². The van der Waals surface area contributed by atoms with E-state index in [2.05, 4.69) is 82.9 Å². The Morgan fingerprint density at radius 1 is 0.441 bits per heavy atom. The van der Waals surface area contributed by atoms with Crippen LogP contribution in [-0.2, 0) is 7.05 Å². The van der Waals surface area contributed by atoms with Crippen LogP contribution in [0.5, 0.6) is 0 Å². The van der Waals surface area contributed by atoms with Gasteiger partial charge in [0.25, 0.3) is 0 Å². The molecule has 168 valence electrons. The number of hydrogen-bond acceptors (Lipinski definition) is 4. The van der Waals surface area contributed by atoms with E-state index in [0.717, 1.165) is 45.5 Å². The van der Waals surface area contributed by atoms with Gasteiger partial charge in [0.15, 0.2) is 0 Å². The fraction of sp³-hybridized carbons (Fsp3) is 0.0345. The zero-order valence-electron chi connectivity index (χ0n) is 19.0. The molecule has 0 aliphatic heterocycles. The molecule has 6 N–H and O–H groups in total. The van der Waals surface area contributed by atoms with Gasteiger partial charge < -0.3 is 26.7 Å². The van der Waals surface area contributed by atoms with Crippen molar-refractivity contribution in [2.24, 2.45) is 7.05 Å². The third-order valence-electron chi connectivity index (χ3n) is 5.88. The van der Waals surface area contributed by atoms with E-state index in [1.165, 1.54) is 11.1 Å². The van der Waals surface area contributed by atoms with Crippen LogP contribution in [0.3, 0.4) is 0 Å². The second-order valence-electron chi connectivity index (χ2n) is 8.31. The molecule has 0 fully saturated rings. The Morgan fingerprint density at radius 3 is 1.06 bits per heavy atom. The molecule has 5 nitrogen and oxygen atoms in total. The summed E-state index contributed by atoms with van der Waals surface area (Å²) in [5.74, 6) is 0. The Kier molecular flexibility index (Phi) is 5.67. The zero-order valence-corrected chi connectivity index (χ0v) is 19.0. The first-order valence-corrected chi connectivity index (χ1v) is 11.2. The molecule has 0 spiro atoms. The fourth-order valence-corrected chi connectivity index (χ4v) is 4.01. The number of anilines is 6. The van der Waals surface area contributed by atoms with Crippen molar-refractivity contribution in [1.29, 1.82) is 0 Å². The zero-order chi connectivity index (χ0) is 23.5. The molecule has 0 aliphatic rings. The Labute approximate surface area is 199 Å². The van der Waals surface area contributed by atoms with Gasteiger partial charge in [-0.05, 0) is 96.1 Å². The summed E-state index contributed by atoms with van der Waals surface area (Å²) in [6, 6.07) is 36.7. The molecular formula is C29H27N5. The van der Waals surface area contributed by atoms with Gasteiger partial charge in [0.2, 0.25) is 0 Å². The Hall–Kier alpha value is -4.64. The lowest BCUT2D eigenvalue weighted by Crippen LogP contribution is -1.96. The molecule has 5 aromatic rings. The normalized spacial score (nSPS) is 10.7. The maximum atomic E-state index is 5.77. The van der Waals surface area contributed by atoms with E-state index in [0.29, 0.717) is 0 Å². The molecule has 0 aliphatic carbocycles. The highest BCUT2D eigenvalue weighted by Crippen LogP contribution is 2.30. The summed E-state index contributed by atoms with van der Waals surface area (Å²) in [4.78, 5) is 0. The molecule has 0 bridgehead atoms. The average Bonchev–Trinajstić information content (AvgIpc) is 3.24. The molecular weight excluding hydrogens is 418 g/mol. The molecule has 4 aromatic carbocycles. The van der Waals surface area contributed by atoms with E-state index in [1.807, 2.05) is 48.5 Å². The highest BCUT2D eigenvalue weighted by molar-refractivity contribution is 5.73. The Morgan fingerprint density at radius 2 is 0.735 bits per heavy atom. The van der Waals surface area contributed by atoms with Crippen LogP contribution >= 0.6 is 0 Å². The third kappa shape index (κ3) is 4.59. The molecule has 5 rings (SSSR count). The van der Waals surface area contributed by atoms with E-state index in [-0.39, 0.29) is 0 Å². The molecule has 5 heteroatoms. The molecule has 0 saturated carbocycles. The second kappa shape index (κ2) is 9.08. The van der Waals surface area contributed by atoms with Gasteiger partial charge in [0.05, 0.1) is 0 Å². The highest BCUT2D eigenvalue weighted by atomic mass is 15.0. The van der Waals surface area contributed by atoms with Gasteiger partial charge in [-0.15, -0.1) is 0 Å². The Balaban J connectivity index is 1.31. The second-order valence-corrected chi connectivity index (χ2v) is 8.31. The quantitative estimate of drug-likeness (QED) is 0.212. The molecule has 0 unspecified atom stereocenters. The monoisotopic (exact) mass is 445 g/mol. The predicted molar refractivity (Wildman–Crippen MR) is 145 cm³/mol. The lowest BCUT2D eigenvalue weighted by Gasteiger charge is -2.11. The summed E-state index contributed by atoms with van der Waals surface area (Å²) >= 11 is 0. The van der Waals surface area contributed by atoms with Crippen molar-refractivity contribution < 1.29 is 0 Å². The van der Waals surface area contributed by atoms with Gasteiger partial charge in [0, 0.05) is 52.6 Å². The smallest absolute Gasteiger partial charge is 0.0482 e. The number of nitrogen functional groups attached to an aromatic ring is 2. The van der Waals surface area contributed by atoms with Gasteiger partial charge in [-0.1, -0.05) is 24.3 Å². The van der Waals surface area contributed by atoms with Crippen LogP contribution in [0, 0.1) is 0 Å². The SMILES string of the molecule is Cn1c(-c2ccc(Nc3ccc(N)cc3)cc2)ccc1-c1ccc(Nc2ccc(N)cc2)cc1. The van der Waals surface area contributed by atoms with E-state index in [4.69, 9.17) is 11.5 Å². The Bertz CT molecular complexity index is 1270. The summed E-state index contributed by atoms with van der Waals surface area (Å²) in [5.41, 5.74) is 21.8. The number of nitrogens with zero attached hydrogens (tertiary/aromatic N) is 1. The van der Waals surface area contributed by atoms with Crippen molar-refractivity contribution in [2.75, 3.05) is 22.1 Å². The van der Waals surface area contributed by atoms with E-state index >= 15 is 0 Å². The average molecular weight is 446 g/mol. The first-order chi connectivity index (χ1) is 16.5. The summed E-state index contributed by atoms with van der Waals surface area (Å²) in [7, 11) is 2.10. The van der Waals surface area contributed by atoms with Gasteiger partial charge in [-0.3, -0.25) is 0 Å². The lowest BCUT2D eigenvalue weighted by molar-refractivity contribution is 0.946. The summed E-state index contributed by atoms with van der Waals surface area (Å²) < 4.78 is 2.23. The molecule has 1 heterocycles. The standard InChI is InChI=1S/C29H27N5/c1-34-28(20-2-10-24(11-3-20)32-26-14-6-22(30)7-15-26)18-19-29(34)21-4-12-25(13-5-21)33-27-16-8-23(31)9-17-27/h2-19,32-33H,30-31H2,1H3. The molecule has 0 saturated heterocycles. The number of nitrogens with two attached hydrogens (primary N) is 2. The van der Waals surface area contributed by atoms with Crippen LogP contribution in [-0.4, -0.2) is 4.57 Å². The fourth-order valence-electron chi connectivity index (χ4n) is 4.01. The largest absolute Gasteiger partial charge is 0.399 e. The highest BCUT2D eigenvalue weighted by Gasteiger charge is 2.09.